The van der Waals surface area contributed by atoms with E-state index in [2.05, 4.69) is 20.7 Å². The Bertz CT molecular complexity index is 1260. The van der Waals surface area contributed by atoms with Gasteiger partial charge in [-0.25, -0.2) is 0 Å². The van der Waals surface area contributed by atoms with E-state index in [-0.39, 0.29) is 16.2 Å². The molecule has 0 radical (unpaired) electrons. The van der Waals surface area contributed by atoms with E-state index in [1.165, 1.54) is 17.7 Å². The minimum atomic E-state index is -4.69. The number of rotatable bonds is 5. The highest BCUT2D eigenvalue weighted by Gasteiger charge is 2.31. The van der Waals surface area contributed by atoms with E-state index in [4.69, 9.17) is 11.6 Å². The number of nitrogens with one attached hydrogen (secondary N) is 1. The molecule has 1 aliphatic heterocycles. The van der Waals surface area contributed by atoms with Crippen molar-refractivity contribution in [2.75, 3.05) is 13.1 Å². The van der Waals surface area contributed by atoms with E-state index in [1.807, 2.05) is 31.2 Å². The van der Waals surface area contributed by atoms with Gasteiger partial charge in [-0.2, -0.15) is 0 Å². The van der Waals surface area contributed by atoms with Gasteiger partial charge in [-0.3, -0.25) is 9.69 Å². The van der Waals surface area contributed by atoms with Crippen LogP contribution in [0.4, 0.5) is 13.2 Å². The molecule has 0 bridgehead atoms. The van der Waals surface area contributed by atoms with Gasteiger partial charge in [-0.15, -0.1) is 13.2 Å². The SMILES string of the molecule is Cc1[nH]c(C)c(-c2ccc(C3=CCN(Cc4ccc(OC(F)(F)F)cc4)CC3)cc2)c(=O)c1Cl. The van der Waals surface area contributed by atoms with E-state index in [0.717, 1.165) is 41.9 Å². The average Bonchev–Trinajstić information content (AvgIpc) is 2.79. The molecule has 0 amide bonds. The first-order valence-corrected chi connectivity index (χ1v) is 11.2. The van der Waals surface area contributed by atoms with Crippen molar-refractivity contribution in [3.8, 4) is 16.9 Å². The maximum absolute atomic E-state index is 12.6. The molecule has 4 nitrogen and oxygen atoms in total. The van der Waals surface area contributed by atoms with E-state index in [9.17, 15) is 18.0 Å². The number of aromatic nitrogens is 1. The van der Waals surface area contributed by atoms with Crippen LogP contribution in [0, 0.1) is 13.8 Å². The molecule has 0 unspecified atom stereocenters. The molecule has 2 aromatic carbocycles. The number of H-pyrrole nitrogens is 1. The highest BCUT2D eigenvalue weighted by Crippen LogP contribution is 2.28. The number of pyridine rings is 1. The predicted molar refractivity (Wildman–Crippen MR) is 128 cm³/mol. The molecule has 4 rings (SSSR count). The minimum Gasteiger partial charge on any atom is -0.406 e. The second-order valence-electron chi connectivity index (χ2n) is 8.38. The van der Waals surface area contributed by atoms with Crippen LogP contribution < -0.4 is 10.2 Å². The normalized spacial score (nSPS) is 14.7. The van der Waals surface area contributed by atoms with Gasteiger partial charge in [-0.05, 0) is 54.7 Å². The summed E-state index contributed by atoms with van der Waals surface area (Å²) in [6.07, 6.45) is -1.67. The lowest BCUT2D eigenvalue weighted by molar-refractivity contribution is -0.274. The number of hydrogen-bond donors (Lipinski definition) is 1. The maximum Gasteiger partial charge on any atom is 0.573 e. The number of aromatic amines is 1. The monoisotopic (exact) mass is 488 g/mol. The largest absolute Gasteiger partial charge is 0.573 e. The summed E-state index contributed by atoms with van der Waals surface area (Å²) in [5.41, 5.74) is 5.92. The molecule has 1 N–H and O–H groups in total. The first-order valence-electron chi connectivity index (χ1n) is 10.9. The Morgan fingerprint density at radius 3 is 2.24 bits per heavy atom. The first kappa shape index (κ1) is 24.1. The number of alkyl halides is 3. The van der Waals surface area contributed by atoms with E-state index in [1.54, 1.807) is 19.1 Å². The highest BCUT2D eigenvalue weighted by molar-refractivity contribution is 6.31. The molecule has 2 heterocycles. The number of nitrogens with zero attached hydrogens (tertiary/aromatic N) is 1. The van der Waals surface area contributed by atoms with Crippen LogP contribution in [-0.4, -0.2) is 29.3 Å². The maximum atomic E-state index is 12.6. The Hall–Kier alpha value is -3.03. The lowest BCUT2D eigenvalue weighted by Gasteiger charge is -2.26. The smallest absolute Gasteiger partial charge is 0.406 e. The summed E-state index contributed by atoms with van der Waals surface area (Å²) in [5.74, 6) is -0.217. The Labute approximate surface area is 200 Å². The molecule has 178 valence electrons. The fraction of sp³-hybridized carbons (Fsp3) is 0.269. The molecule has 8 heteroatoms. The predicted octanol–water partition coefficient (Wildman–Crippen LogP) is 6.50. The van der Waals surface area contributed by atoms with Crippen molar-refractivity contribution in [2.24, 2.45) is 0 Å². The summed E-state index contributed by atoms with van der Waals surface area (Å²) in [6.45, 7) is 5.86. The van der Waals surface area contributed by atoms with Gasteiger partial charge in [0.2, 0.25) is 5.43 Å². The van der Waals surface area contributed by atoms with Crippen LogP contribution in [0.5, 0.6) is 5.75 Å². The van der Waals surface area contributed by atoms with Gasteiger partial charge in [0.1, 0.15) is 10.8 Å². The zero-order chi connectivity index (χ0) is 24.5. The number of hydrogen-bond acceptors (Lipinski definition) is 3. The van der Waals surface area contributed by atoms with E-state index in [0.29, 0.717) is 17.8 Å². The number of benzene rings is 2. The molecule has 1 aromatic heterocycles. The third-order valence-corrected chi connectivity index (χ3v) is 6.36. The summed E-state index contributed by atoms with van der Waals surface area (Å²) in [5, 5.41) is 0.210. The van der Waals surface area contributed by atoms with Gasteiger partial charge in [0.25, 0.3) is 0 Å². The lowest BCUT2D eigenvalue weighted by Crippen LogP contribution is -2.28. The van der Waals surface area contributed by atoms with Crippen LogP contribution >= 0.6 is 11.6 Å². The topological polar surface area (TPSA) is 45.3 Å². The molecule has 34 heavy (non-hydrogen) atoms. The van der Waals surface area contributed by atoms with Crippen LogP contribution in [0.25, 0.3) is 16.7 Å². The fourth-order valence-corrected chi connectivity index (χ4v) is 4.36. The van der Waals surface area contributed by atoms with E-state index < -0.39 is 6.36 Å². The molecule has 1 aliphatic rings. The zero-order valence-electron chi connectivity index (χ0n) is 18.8. The second kappa shape index (κ2) is 9.68. The molecule has 0 spiro atoms. The van der Waals surface area contributed by atoms with Crippen LogP contribution in [0.1, 0.15) is 28.9 Å². The molecule has 0 aliphatic carbocycles. The van der Waals surface area contributed by atoms with Crippen molar-refractivity contribution >= 4 is 17.2 Å². The summed E-state index contributed by atoms with van der Waals surface area (Å²) < 4.78 is 40.8. The highest BCUT2D eigenvalue weighted by atomic mass is 35.5. The van der Waals surface area contributed by atoms with Crippen molar-refractivity contribution < 1.29 is 17.9 Å². The third kappa shape index (κ3) is 5.54. The molecular formula is C26H24ClF3N2O2. The summed E-state index contributed by atoms with van der Waals surface area (Å²) >= 11 is 6.15. The standard InChI is InChI=1S/C26H24ClF3N2O2/c1-16-23(25(33)24(27)17(2)31-16)21-7-5-19(6-8-21)20-11-13-32(14-12-20)15-18-3-9-22(10-4-18)34-26(28,29)30/h3-11H,12-15H2,1-2H3,(H,31,33). The van der Waals surface area contributed by atoms with Crippen molar-refractivity contribution in [3.05, 3.63) is 92.4 Å². The van der Waals surface area contributed by atoms with Gasteiger partial charge in [0.05, 0.1) is 0 Å². The molecule has 0 atom stereocenters. The first-order chi connectivity index (χ1) is 16.1. The molecule has 0 saturated heterocycles. The quantitative estimate of drug-likeness (QED) is 0.446. The minimum absolute atomic E-state index is 0.173. The third-order valence-electron chi connectivity index (χ3n) is 5.91. The fourth-order valence-electron chi connectivity index (χ4n) is 4.22. The van der Waals surface area contributed by atoms with E-state index >= 15 is 0 Å². The number of halogens is 4. The van der Waals surface area contributed by atoms with Crippen LogP contribution in [-0.2, 0) is 6.54 Å². The van der Waals surface area contributed by atoms with Crippen molar-refractivity contribution in [3.63, 3.8) is 0 Å². The Morgan fingerprint density at radius 1 is 1.00 bits per heavy atom. The van der Waals surface area contributed by atoms with Crippen LogP contribution in [0.3, 0.4) is 0 Å². The molecular weight excluding hydrogens is 465 g/mol. The van der Waals surface area contributed by atoms with Gasteiger partial charge in [0, 0.05) is 36.6 Å². The zero-order valence-corrected chi connectivity index (χ0v) is 19.6. The lowest BCUT2D eigenvalue weighted by atomic mass is 9.96. The second-order valence-corrected chi connectivity index (χ2v) is 8.75. The Balaban J connectivity index is 1.41. The summed E-state index contributed by atoms with van der Waals surface area (Å²) in [6, 6.07) is 13.9. The summed E-state index contributed by atoms with van der Waals surface area (Å²) in [7, 11) is 0. The average molecular weight is 489 g/mol. The molecule has 0 fully saturated rings. The molecule has 3 aromatic rings. The number of aryl methyl sites for hydroxylation is 2. The van der Waals surface area contributed by atoms with Crippen molar-refractivity contribution in [2.45, 2.75) is 33.2 Å². The van der Waals surface area contributed by atoms with Crippen LogP contribution in [0.2, 0.25) is 5.02 Å². The number of ether oxygens (including phenoxy) is 1. The Morgan fingerprint density at radius 2 is 1.65 bits per heavy atom. The molecule has 0 saturated carbocycles. The van der Waals surface area contributed by atoms with Crippen LogP contribution in [0.15, 0.2) is 59.4 Å². The van der Waals surface area contributed by atoms with Crippen molar-refractivity contribution in [1.82, 2.24) is 9.88 Å². The van der Waals surface area contributed by atoms with Gasteiger partial charge in [0.15, 0.2) is 0 Å². The van der Waals surface area contributed by atoms with Gasteiger partial charge in [-0.1, -0.05) is 54.1 Å². The van der Waals surface area contributed by atoms with Crippen molar-refractivity contribution in [1.29, 1.82) is 0 Å². The van der Waals surface area contributed by atoms with Gasteiger partial charge >= 0.3 is 6.36 Å². The summed E-state index contributed by atoms with van der Waals surface area (Å²) in [4.78, 5) is 18.0. The Kier molecular flexibility index (Phi) is 6.86. The van der Waals surface area contributed by atoms with Gasteiger partial charge < -0.3 is 9.72 Å².